The van der Waals surface area contributed by atoms with Crippen molar-refractivity contribution >= 4 is 11.8 Å². The number of carboxylic acids is 1. The van der Waals surface area contributed by atoms with Crippen molar-refractivity contribution in [2.24, 2.45) is 5.92 Å². The highest BCUT2D eigenvalue weighted by atomic mass is 16.5. The molecule has 1 saturated carbocycles. The van der Waals surface area contributed by atoms with Gasteiger partial charge in [-0.15, -0.1) is 0 Å². The van der Waals surface area contributed by atoms with E-state index < -0.39 is 30.2 Å². The molecule has 4 unspecified atom stereocenters. The Labute approximate surface area is 158 Å². The summed E-state index contributed by atoms with van der Waals surface area (Å²) in [6.45, 7) is -0.0123. The molecule has 1 aromatic rings. The van der Waals surface area contributed by atoms with Crippen LogP contribution in [0.25, 0.3) is 0 Å². The molecule has 2 rings (SSSR count). The number of carbonyl (C=O) groups excluding carboxylic acids is 1. The first-order chi connectivity index (χ1) is 13.0. The molecule has 1 aliphatic rings. The fourth-order valence-electron chi connectivity index (χ4n) is 2.96. The summed E-state index contributed by atoms with van der Waals surface area (Å²) in [6.07, 6.45) is 1.79. The van der Waals surface area contributed by atoms with Crippen LogP contribution < -0.4 is 4.74 Å². The number of benzene rings is 1. The number of aliphatic hydroxyl groups is 2. The number of ether oxygens (including phenoxy) is 2. The number of carbonyl (C=O) groups is 2. The third-order valence-corrected chi connectivity index (χ3v) is 4.35. The average molecular weight is 378 g/mol. The Balaban J connectivity index is 1.77. The zero-order valence-corrected chi connectivity index (χ0v) is 15.1. The number of ketones is 1. The smallest absolute Gasteiger partial charge is 0.303 e. The molecule has 3 N–H and O–H groups in total. The lowest BCUT2D eigenvalue weighted by Gasteiger charge is -2.22. The Morgan fingerprint density at radius 1 is 1.22 bits per heavy atom. The van der Waals surface area contributed by atoms with Gasteiger partial charge in [-0.1, -0.05) is 30.4 Å². The van der Waals surface area contributed by atoms with Crippen LogP contribution in [0.4, 0.5) is 0 Å². The Morgan fingerprint density at radius 3 is 2.67 bits per heavy atom. The molecular formula is C20H26O7. The Kier molecular flexibility index (Phi) is 8.44. The van der Waals surface area contributed by atoms with Gasteiger partial charge < -0.3 is 24.8 Å². The number of aliphatic hydroxyl groups excluding tert-OH is 2. The van der Waals surface area contributed by atoms with E-state index in [4.69, 9.17) is 14.6 Å². The van der Waals surface area contributed by atoms with E-state index in [9.17, 15) is 19.8 Å². The molecule has 148 valence electrons. The summed E-state index contributed by atoms with van der Waals surface area (Å²) >= 11 is 0. The number of hydrogen-bond acceptors (Lipinski definition) is 6. The minimum absolute atomic E-state index is 0.0227. The zero-order chi connectivity index (χ0) is 19.6. The minimum Gasteiger partial charge on any atom is -0.491 e. The average Bonchev–Trinajstić information content (AvgIpc) is 2.91. The number of hydrogen-bond donors (Lipinski definition) is 3. The molecular weight excluding hydrogens is 352 g/mol. The fraction of sp³-hybridized carbons (Fsp3) is 0.500. The van der Waals surface area contributed by atoms with Crippen molar-refractivity contribution in [1.29, 1.82) is 0 Å². The summed E-state index contributed by atoms with van der Waals surface area (Å²) in [4.78, 5) is 22.6. The number of para-hydroxylation sites is 1. The van der Waals surface area contributed by atoms with E-state index >= 15 is 0 Å². The molecule has 0 aliphatic heterocycles. The largest absolute Gasteiger partial charge is 0.491 e. The minimum atomic E-state index is -0.905. The molecule has 0 spiro atoms. The Bertz CT molecular complexity index is 628. The van der Waals surface area contributed by atoms with Gasteiger partial charge in [0.2, 0.25) is 0 Å². The van der Waals surface area contributed by atoms with E-state index in [1.54, 1.807) is 24.3 Å². The quantitative estimate of drug-likeness (QED) is 0.501. The number of Topliss-reactive ketones (excluding diaryl/α,β-unsaturated/α-hetero) is 1. The van der Waals surface area contributed by atoms with Crippen molar-refractivity contribution < 1.29 is 34.4 Å². The van der Waals surface area contributed by atoms with Gasteiger partial charge in [-0.2, -0.15) is 0 Å². The summed E-state index contributed by atoms with van der Waals surface area (Å²) < 4.78 is 11.1. The number of aliphatic carboxylic acids is 1. The molecule has 0 aromatic heterocycles. The maximum absolute atomic E-state index is 12.1. The zero-order valence-electron chi connectivity index (χ0n) is 15.1. The molecule has 0 heterocycles. The summed E-state index contributed by atoms with van der Waals surface area (Å²) in [6, 6.07) is 9.07. The van der Waals surface area contributed by atoms with Gasteiger partial charge in [0.15, 0.2) is 0 Å². The molecule has 0 bridgehead atoms. The first-order valence-electron chi connectivity index (χ1n) is 9.02. The number of rotatable bonds is 11. The van der Waals surface area contributed by atoms with E-state index in [1.165, 1.54) is 0 Å². The van der Waals surface area contributed by atoms with Crippen LogP contribution in [0.15, 0.2) is 42.5 Å². The molecule has 0 radical (unpaired) electrons. The number of allylic oxidation sites excluding steroid dienone is 2. The van der Waals surface area contributed by atoms with Gasteiger partial charge in [0.05, 0.1) is 18.8 Å². The summed E-state index contributed by atoms with van der Waals surface area (Å²) in [5.74, 6) is -0.828. The maximum Gasteiger partial charge on any atom is 0.303 e. The fourth-order valence-corrected chi connectivity index (χ4v) is 2.96. The van der Waals surface area contributed by atoms with Gasteiger partial charge in [0.25, 0.3) is 0 Å². The lowest BCUT2D eigenvalue weighted by molar-refractivity contribution is -0.136. The summed E-state index contributed by atoms with van der Waals surface area (Å²) in [7, 11) is 0. The van der Waals surface area contributed by atoms with E-state index in [1.807, 2.05) is 18.2 Å². The van der Waals surface area contributed by atoms with Crippen molar-refractivity contribution in [1.82, 2.24) is 0 Å². The normalized spacial score (nSPS) is 23.6. The van der Waals surface area contributed by atoms with Crippen LogP contribution in [-0.4, -0.2) is 58.6 Å². The van der Waals surface area contributed by atoms with Crippen molar-refractivity contribution in [3.63, 3.8) is 0 Å². The molecule has 4 atom stereocenters. The molecule has 0 amide bonds. The van der Waals surface area contributed by atoms with Crippen LogP contribution in [0, 0.1) is 5.92 Å². The van der Waals surface area contributed by atoms with E-state index in [0.717, 1.165) is 0 Å². The van der Waals surface area contributed by atoms with Crippen LogP contribution in [0.2, 0.25) is 0 Å². The van der Waals surface area contributed by atoms with Gasteiger partial charge in [-0.25, -0.2) is 0 Å². The SMILES string of the molecule is O=C(O)CC/C=C/CC1C(=O)CC(O)C1OCC(O)COc1ccccc1. The molecule has 27 heavy (non-hydrogen) atoms. The van der Waals surface area contributed by atoms with Crippen molar-refractivity contribution in [2.45, 2.75) is 44.0 Å². The molecule has 1 aliphatic carbocycles. The predicted octanol–water partition coefficient (Wildman–Crippen LogP) is 1.57. The van der Waals surface area contributed by atoms with Crippen LogP contribution in [-0.2, 0) is 14.3 Å². The van der Waals surface area contributed by atoms with Gasteiger partial charge in [-0.3, -0.25) is 9.59 Å². The van der Waals surface area contributed by atoms with Crippen LogP contribution in [0.5, 0.6) is 5.75 Å². The second kappa shape index (κ2) is 10.8. The molecule has 1 fully saturated rings. The maximum atomic E-state index is 12.1. The van der Waals surface area contributed by atoms with E-state index in [0.29, 0.717) is 18.6 Å². The lowest BCUT2D eigenvalue weighted by atomic mass is 9.99. The standard InChI is InChI=1S/C20H26O7/c21-14(12-26-15-7-3-1-4-8-15)13-27-20-16(17(22)11-18(20)23)9-5-2-6-10-19(24)25/h1-5,7-8,14,16,18,20-21,23H,6,9-13H2,(H,24,25)/b5-2+. The van der Waals surface area contributed by atoms with Crippen molar-refractivity contribution in [3.8, 4) is 5.75 Å². The molecule has 7 heteroatoms. The monoisotopic (exact) mass is 378 g/mol. The molecule has 0 saturated heterocycles. The first kappa shape index (κ1) is 21.1. The van der Waals surface area contributed by atoms with E-state index in [2.05, 4.69) is 0 Å². The highest BCUT2D eigenvalue weighted by molar-refractivity contribution is 5.85. The predicted molar refractivity (Wildman–Crippen MR) is 97.4 cm³/mol. The van der Waals surface area contributed by atoms with Crippen LogP contribution in [0.3, 0.4) is 0 Å². The second-order valence-corrected chi connectivity index (χ2v) is 6.56. The highest BCUT2D eigenvalue weighted by Gasteiger charge is 2.41. The molecule has 7 nitrogen and oxygen atoms in total. The van der Waals surface area contributed by atoms with Crippen LogP contribution >= 0.6 is 0 Å². The van der Waals surface area contributed by atoms with Crippen molar-refractivity contribution in [2.75, 3.05) is 13.2 Å². The summed E-state index contributed by atoms with van der Waals surface area (Å²) in [5, 5.41) is 28.7. The van der Waals surface area contributed by atoms with Gasteiger partial charge in [0, 0.05) is 18.8 Å². The Morgan fingerprint density at radius 2 is 1.96 bits per heavy atom. The highest BCUT2D eigenvalue weighted by Crippen LogP contribution is 2.29. The van der Waals surface area contributed by atoms with Gasteiger partial charge in [0.1, 0.15) is 24.2 Å². The van der Waals surface area contributed by atoms with Gasteiger partial charge >= 0.3 is 5.97 Å². The lowest BCUT2D eigenvalue weighted by Crippen LogP contribution is -2.34. The van der Waals surface area contributed by atoms with Crippen molar-refractivity contribution in [3.05, 3.63) is 42.5 Å². The second-order valence-electron chi connectivity index (χ2n) is 6.56. The third-order valence-electron chi connectivity index (χ3n) is 4.35. The number of carboxylic acid groups (broad SMARTS) is 1. The van der Waals surface area contributed by atoms with E-state index in [-0.39, 0.29) is 31.8 Å². The van der Waals surface area contributed by atoms with Gasteiger partial charge in [-0.05, 0) is 25.0 Å². The van der Waals surface area contributed by atoms with Crippen LogP contribution in [0.1, 0.15) is 25.7 Å². The Hall–Kier alpha value is -2.22. The first-order valence-corrected chi connectivity index (χ1v) is 9.02. The molecule has 1 aromatic carbocycles. The topological polar surface area (TPSA) is 113 Å². The summed E-state index contributed by atoms with van der Waals surface area (Å²) in [5.41, 5.74) is 0. The third kappa shape index (κ3) is 7.13.